The van der Waals surface area contributed by atoms with Gasteiger partial charge in [-0.25, -0.2) is 14.4 Å². The van der Waals surface area contributed by atoms with E-state index in [9.17, 15) is 4.39 Å². The molecule has 0 radical (unpaired) electrons. The fourth-order valence-electron chi connectivity index (χ4n) is 2.01. The van der Waals surface area contributed by atoms with E-state index in [-0.39, 0.29) is 11.3 Å². The number of nitrogens with zero attached hydrogens (tertiary/aromatic N) is 3. The molecule has 1 aliphatic carbocycles. The van der Waals surface area contributed by atoms with E-state index in [0.29, 0.717) is 28.9 Å². The molecule has 0 aliphatic heterocycles. The Hall–Kier alpha value is -2.68. The predicted molar refractivity (Wildman–Crippen MR) is 77.6 cm³/mol. The number of benzene rings is 1. The zero-order chi connectivity index (χ0) is 15.0. The molecule has 0 spiro atoms. The maximum Gasteiger partial charge on any atom is 0.147 e. The van der Waals surface area contributed by atoms with Crippen LogP contribution in [0.25, 0.3) is 0 Å². The summed E-state index contributed by atoms with van der Waals surface area (Å²) in [5.41, 5.74) is 7.11. The Kier molecular flexibility index (Phi) is 3.18. The van der Waals surface area contributed by atoms with Crippen molar-refractivity contribution in [1.29, 1.82) is 5.26 Å². The third-order valence-corrected chi connectivity index (χ3v) is 3.49. The minimum Gasteiger partial charge on any atom is -0.383 e. The van der Waals surface area contributed by atoms with Crippen LogP contribution in [0.4, 0.5) is 21.7 Å². The van der Waals surface area contributed by atoms with E-state index in [2.05, 4.69) is 15.3 Å². The SMILES string of the molecule is Cc1c(N)nc(C2CC2)nc1Nc1ccc(C#N)cc1F. The third-order valence-electron chi connectivity index (χ3n) is 3.49. The number of nitrogens with two attached hydrogens (primary N) is 1. The summed E-state index contributed by atoms with van der Waals surface area (Å²) in [6.45, 7) is 1.79. The average molecular weight is 283 g/mol. The van der Waals surface area contributed by atoms with Gasteiger partial charge in [0, 0.05) is 11.5 Å². The van der Waals surface area contributed by atoms with Gasteiger partial charge in [-0.05, 0) is 38.0 Å². The quantitative estimate of drug-likeness (QED) is 0.904. The number of nitriles is 1. The molecule has 0 saturated heterocycles. The summed E-state index contributed by atoms with van der Waals surface area (Å²) >= 11 is 0. The summed E-state index contributed by atoms with van der Waals surface area (Å²) in [6.07, 6.45) is 2.13. The highest BCUT2D eigenvalue weighted by Gasteiger charge is 2.28. The van der Waals surface area contributed by atoms with Gasteiger partial charge >= 0.3 is 0 Å². The molecule has 21 heavy (non-hydrogen) atoms. The molecule has 0 atom stereocenters. The van der Waals surface area contributed by atoms with Crippen LogP contribution in [0.1, 0.15) is 35.7 Å². The molecule has 1 saturated carbocycles. The van der Waals surface area contributed by atoms with Crippen molar-refractivity contribution in [2.24, 2.45) is 0 Å². The first-order valence-electron chi connectivity index (χ1n) is 6.69. The molecule has 3 N–H and O–H groups in total. The van der Waals surface area contributed by atoms with E-state index in [1.807, 2.05) is 6.07 Å². The van der Waals surface area contributed by atoms with E-state index >= 15 is 0 Å². The van der Waals surface area contributed by atoms with Crippen molar-refractivity contribution in [3.8, 4) is 6.07 Å². The number of hydrogen-bond acceptors (Lipinski definition) is 5. The van der Waals surface area contributed by atoms with Crippen LogP contribution in [0.5, 0.6) is 0 Å². The fourth-order valence-corrected chi connectivity index (χ4v) is 2.01. The maximum absolute atomic E-state index is 13.9. The number of halogens is 1. The number of hydrogen-bond donors (Lipinski definition) is 2. The summed E-state index contributed by atoms with van der Waals surface area (Å²) in [5.74, 6) is 1.48. The van der Waals surface area contributed by atoms with Crippen LogP contribution >= 0.6 is 0 Å². The Bertz CT molecular complexity index is 746. The Morgan fingerprint density at radius 2 is 2.14 bits per heavy atom. The highest BCUT2D eigenvalue weighted by atomic mass is 19.1. The molecule has 6 heteroatoms. The van der Waals surface area contributed by atoms with Crippen molar-refractivity contribution in [2.45, 2.75) is 25.7 Å². The first-order valence-corrected chi connectivity index (χ1v) is 6.69. The smallest absolute Gasteiger partial charge is 0.147 e. The van der Waals surface area contributed by atoms with Crippen LogP contribution < -0.4 is 11.1 Å². The van der Waals surface area contributed by atoms with Crippen molar-refractivity contribution in [2.75, 3.05) is 11.1 Å². The van der Waals surface area contributed by atoms with E-state index < -0.39 is 5.82 Å². The summed E-state index contributed by atoms with van der Waals surface area (Å²) < 4.78 is 13.9. The minimum absolute atomic E-state index is 0.261. The Morgan fingerprint density at radius 1 is 1.38 bits per heavy atom. The average Bonchev–Trinajstić information content (AvgIpc) is 3.30. The van der Waals surface area contributed by atoms with Crippen molar-refractivity contribution in [3.05, 3.63) is 41.0 Å². The molecule has 1 fully saturated rings. The van der Waals surface area contributed by atoms with Crippen molar-refractivity contribution >= 4 is 17.3 Å². The van der Waals surface area contributed by atoms with Gasteiger partial charge in [-0.3, -0.25) is 0 Å². The van der Waals surface area contributed by atoms with Crippen molar-refractivity contribution in [3.63, 3.8) is 0 Å². The Balaban J connectivity index is 1.96. The van der Waals surface area contributed by atoms with Gasteiger partial charge in [-0.15, -0.1) is 0 Å². The summed E-state index contributed by atoms with van der Waals surface area (Å²) in [4.78, 5) is 8.72. The van der Waals surface area contributed by atoms with Gasteiger partial charge < -0.3 is 11.1 Å². The van der Waals surface area contributed by atoms with E-state index in [0.717, 1.165) is 12.8 Å². The van der Waals surface area contributed by atoms with Crippen molar-refractivity contribution in [1.82, 2.24) is 9.97 Å². The monoisotopic (exact) mass is 283 g/mol. The fraction of sp³-hybridized carbons (Fsp3) is 0.267. The molecular weight excluding hydrogens is 269 g/mol. The van der Waals surface area contributed by atoms with E-state index in [4.69, 9.17) is 11.0 Å². The number of anilines is 3. The van der Waals surface area contributed by atoms with Crippen LogP contribution in [0.3, 0.4) is 0 Å². The highest BCUT2D eigenvalue weighted by molar-refractivity contribution is 5.64. The van der Waals surface area contributed by atoms with Crippen LogP contribution in [0.15, 0.2) is 18.2 Å². The van der Waals surface area contributed by atoms with Gasteiger partial charge in [0.15, 0.2) is 0 Å². The second-order valence-electron chi connectivity index (χ2n) is 5.15. The molecule has 106 valence electrons. The van der Waals surface area contributed by atoms with Crippen LogP contribution in [0, 0.1) is 24.1 Å². The highest BCUT2D eigenvalue weighted by Crippen LogP contribution is 2.39. The summed E-state index contributed by atoms with van der Waals surface area (Å²) in [7, 11) is 0. The molecule has 1 aliphatic rings. The third kappa shape index (κ3) is 2.63. The summed E-state index contributed by atoms with van der Waals surface area (Å²) in [5, 5.41) is 11.7. The molecular formula is C15H14FN5. The zero-order valence-electron chi connectivity index (χ0n) is 11.5. The molecule has 0 amide bonds. The number of nitrogens with one attached hydrogen (secondary N) is 1. The largest absolute Gasteiger partial charge is 0.383 e. The van der Waals surface area contributed by atoms with Crippen LogP contribution in [0.2, 0.25) is 0 Å². The lowest BCUT2D eigenvalue weighted by atomic mass is 10.2. The zero-order valence-corrected chi connectivity index (χ0v) is 11.5. The maximum atomic E-state index is 13.9. The lowest BCUT2D eigenvalue weighted by Crippen LogP contribution is -2.07. The first-order chi connectivity index (χ1) is 10.1. The van der Waals surface area contributed by atoms with Crippen molar-refractivity contribution < 1.29 is 4.39 Å². The molecule has 0 unspecified atom stereocenters. The number of aromatic nitrogens is 2. The van der Waals surface area contributed by atoms with E-state index in [1.54, 1.807) is 13.0 Å². The summed E-state index contributed by atoms with van der Waals surface area (Å²) in [6, 6.07) is 6.15. The van der Waals surface area contributed by atoms with Crippen LogP contribution in [-0.2, 0) is 0 Å². The molecule has 3 rings (SSSR count). The van der Waals surface area contributed by atoms with Gasteiger partial charge in [0.2, 0.25) is 0 Å². The molecule has 1 heterocycles. The molecule has 0 bridgehead atoms. The first kappa shape index (κ1) is 13.3. The minimum atomic E-state index is -0.501. The van der Waals surface area contributed by atoms with Gasteiger partial charge in [0.05, 0.1) is 17.3 Å². The van der Waals surface area contributed by atoms with Gasteiger partial charge in [0.1, 0.15) is 23.3 Å². The van der Waals surface area contributed by atoms with Gasteiger partial charge in [-0.2, -0.15) is 5.26 Å². The second-order valence-corrected chi connectivity index (χ2v) is 5.15. The molecule has 2 aromatic rings. The normalized spacial score (nSPS) is 13.8. The molecule has 1 aromatic heterocycles. The van der Waals surface area contributed by atoms with Gasteiger partial charge in [0.25, 0.3) is 0 Å². The second kappa shape index (κ2) is 5.02. The Morgan fingerprint density at radius 3 is 2.76 bits per heavy atom. The predicted octanol–water partition coefficient (Wildman–Crippen LogP) is 3.00. The Labute approximate surface area is 121 Å². The standard InChI is InChI=1S/C15H14FN5/c1-8-13(18)20-15(10-3-4-10)21-14(8)19-12-5-2-9(7-17)6-11(12)16/h2,5-6,10H,3-4H2,1H3,(H3,18,19,20,21). The van der Waals surface area contributed by atoms with Gasteiger partial charge in [-0.1, -0.05) is 0 Å². The number of rotatable bonds is 3. The topological polar surface area (TPSA) is 87.6 Å². The molecule has 5 nitrogen and oxygen atoms in total. The van der Waals surface area contributed by atoms with E-state index in [1.165, 1.54) is 12.1 Å². The van der Waals surface area contributed by atoms with Crippen LogP contribution in [-0.4, -0.2) is 9.97 Å². The molecule has 1 aromatic carbocycles. The lowest BCUT2D eigenvalue weighted by molar-refractivity contribution is 0.631. The number of nitrogen functional groups attached to an aromatic ring is 1. The lowest BCUT2D eigenvalue weighted by Gasteiger charge is -2.12.